The summed E-state index contributed by atoms with van der Waals surface area (Å²) in [7, 11) is 0. The van der Waals surface area contributed by atoms with E-state index >= 15 is 0 Å². The Morgan fingerprint density at radius 3 is 2.54 bits per heavy atom. The predicted octanol–water partition coefficient (Wildman–Crippen LogP) is 2.74. The highest BCUT2D eigenvalue weighted by Crippen LogP contribution is 2.29. The molecule has 2 heterocycles. The number of hydrogen-bond donors (Lipinski definition) is 0. The Labute approximate surface area is 82.5 Å². The molecule has 0 aliphatic carbocycles. The van der Waals surface area contributed by atoms with E-state index in [4.69, 9.17) is 9.47 Å². The van der Waals surface area contributed by atoms with Gasteiger partial charge < -0.3 is 9.47 Å². The first-order chi connectivity index (χ1) is 6.25. The van der Waals surface area contributed by atoms with Crippen molar-refractivity contribution in [3.8, 4) is 0 Å². The molecule has 1 fully saturated rings. The van der Waals surface area contributed by atoms with Crippen molar-refractivity contribution in [1.82, 2.24) is 0 Å². The first-order valence-corrected chi connectivity index (χ1v) is 5.37. The van der Waals surface area contributed by atoms with E-state index in [-0.39, 0.29) is 6.29 Å². The van der Waals surface area contributed by atoms with Crippen LogP contribution in [0.2, 0.25) is 0 Å². The lowest BCUT2D eigenvalue weighted by Crippen LogP contribution is -2.24. The molecular weight excluding hydrogens is 184 g/mol. The average Bonchev–Trinajstić information content (AvgIpc) is 2.53. The number of rotatable bonds is 1. The fraction of sp³-hybridized carbons (Fsp3) is 0.600. The highest BCUT2D eigenvalue weighted by Gasteiger charge is 2.21. The van der Waals surface area contributed by atoms with Gasteiger partial charge in [0.1, 0.15) is 0 Å². The van der Waals surface area contributed by atoms with Crippen LogP contribution in [0.4, 0.5) is 0 Å². The third kappa shape index (κ3) is 2.10. The summed E-state index contributed by atoms with van der Waals surface area (Å²) in [4.78, 5) is 2.49. The van der Waals surface area contributed by atoms with Crippen LogP contribution in [0.25, 0.3) is 0 Å². The van der Waals surface area contributed by atoms with Crippen LogP contribution in [0.15, 0.2) is 12.1 Å². The lowest BCUT2D eigenvalue weighted by Gasteiger charge is -2.26. The molecule has 72 valence electrons. The fourth-order valence-electron chi connectivity index (χ4n) is 1.34. The summed E-state index contributed by atoms with van der Waals surface area (Å²) < 4.78 is 11.2. The second-order valence-corrected chi connectivity index (χ2v) is 4.87. The van der Waals surface area contributed by atoms with Crippen molar-refractivity contribution < 1.29 is 9.47 Å². The summed E-state index contributed by atoms with van der Waals surface area (Å²) in [5.74, 6) is 0.525. The van der Waals surface area contributed by atoms with Crippen LogP contribution in [0.5, 0.6) is 0 Å². The van der Waals surface area contributed by atoms with Gasteiger partial charge >= 0.3 is 0 Å². The maximum Gasteiger partial charge on any atom is 0.193 e. The third-order valence-corrected chi connectivity index (χ3v) is 3.08. The topological polar surface area (TPSA) is 18.5 Å². The quantitative estimate of drug-likeness (QED) is 0.690. The van der Waals surface area contributed by atoms with Crippen molar-refractivity contribution in [2.75, 3.05) is 13.2 Å². The van der Waals surface area contributed by atoms with Gasteiger partial charge in [0.25, 0.3) is 0 Å². The molecule has 13 heavy (non-hydrogen) atoms. The van der Waals surface area contributed by atoms with Crippen LogP contribution in [-0.2, 0) is 9.47 Å². The Kier molecular flexibility index (Phi) is 2.67. The van der Waals surface area contributed by atoms with Crippen molar-refractivity contribution in [1.29, 1.82) is 0 Å². The molecule has 0 radical (unpaired) electrons. The number of ether oxygens (including phenoxy) is 2. The van der Waals surface area contributed by atoms with E-state index in [1.54, 1.807) is 11.3 Å². The van der Waals surface area contributed by atoms with E-state index in [9.17, 15) is 0 Å². The molecule has 0 saturated carbocycles. The monoisotopic (exact) mass is 198 g/mol. The van der Waals surface area contributed by atoms with E-state index < -0.39 is 0 Å². The molecule has 2 rings (SSSR count). The van der Waals surface area contributed by atoms with Crippen molar-refractivity contribution in [2.24, 2.45) is 5.92 Å². The molecule has 2 nitrogen and oxygen atoms in total. The van der Waals surface area contributed by atoms with Gasteiger partial charge in [-0.15, -0.1) is 11.3 Å². The van der Waals surface area contributed by atoms with Gasteiger partial charge in [-0.1, -0.05) is 6.92 Å². The zero-order chi connectivity index (χ0) is 9.26. The molecule has 0 bridgehead atoms. The molecule has 1 aliphatic heterocycles. The maximum atomic E-state index is 5.58. The molecular formula is C10H14O2S. The van der Waals surface area contributed by atoms with E-state index in [1.165, 1.54) is 9.75 Å². The molecule has 1 aromatic heterocycles. The third-order valence-electron chi connectivity index (χ3n) is 2.06. The van der Waals surface area contributed by atoms with Crippen LogP contribution >= 0.6 is 11.3 Å². The minimum atomic E-state index is -0.116. The molecule has 1 aromatic rings. The first kappa shape index (κ1) is 9.19. The standard InChI is InChI=1S/C10H14O2S/c1-7-5-11-10(12-6-7)9-4-3-8(2)13-9/h3-4,7,10H,5-6H2,1-2H3. The Morgan fingerprint density at radius 2 is 2.00 bits per heavy atom. The van der Waals surface area contributed by atoms with Crippen molar-refractivity contribution >= 4 is 11.3 Å². The summed E-state index contributed by atoms with van der Waals surface area (Å²) in [5.41, 5.74) is 0. The average molecular weight is 198 g/mol. The van der Waals surface area contributed by atoms with Gasteiger partial charge in [-0.25, -0.2) is 0 Å². The molecule has 1 saturated heterocycles. The molecule has 0 spiro atoms. The van der Waals surface area contributed by atoms with Crippen molar-refractivity contribution in [3.63, 3.8) is 0 Å². The smallest absolute Gasteiger partial charge is 0.193 e. The predicted molar refractivity (Wildman–Crippen MR) is 52.9 cm³/mol. The Hall–Kier alpha value is -0.380. The normalized spacial score (nSPS) is 29.1. The van der Waals surface area contributed by atoms with Crippen LogP contribution in [-0.4, -0.2) is 13.2 Å². The maximum absolute atomic E-state index is 5.58. The van der Waals surface area contributed by atoms with Gasteiger partial charge in [-0.3, -0.25) is 0 Å². The van der Waals surface area contributed by atoms with E-state index in [0.717, 1.165) is 13.2 Å². The molecule has 3 heteroatoms. The number of aryl methyl sites for hydroxylation is 1. The first-order valence-electron chi connectivity index (χ1n) is 4.55. The summed E-state index contributed by atoms with van der Waals surface area (Å²) in [6.07, 6.45) is -0.116. The molecule has 0 amide bonds. The lowest BCUT2D eigenvalue weighted by molar-refractivity contribution is -0.200. The van der Waals surface area contributed by atoms with E-state index in [0.29, 0.717) is 5.92 Å². The van der Waals surface area contributed by atoms with Gasteiger partial charge in [0.15, 0.2) is 6.29 Å². The van der Waals surface area contributed by atoms with Crippen LogP contribution < -0.4 is 0 Å². The Balaban J connectivity index is 2.02. The van der Waals surface area contributed by atoms with Gasteiger partial charge in [-0.2, -0.15) is 0 Å². The molecule has 1 aliphatic rings. The molecule has 0 atom stereocenters. The van der Waals surface area contributed by atoms with Crippen LogP contribution in [0.1, 0.15) is 23.0 Å². The summed E-state index contributed by atoms with van der Waals surface area (Å²) in [6.45, 7) is 5.85. The number of thiophene rings is 1. The zero-order valence-corrected chi connectivity index (χ0v) is 8.76. The SMILES string of the molecule is Cc1ccc(C2OCC(C)CO2)s1. The zero-order valence-electron chi connectivity index (χ0n) is 7.95. The highest BCUT2D eigenvalue weighted by molar-refractivity contribution is 7.11. The highest BCUT2D eigenvalue weighted by atomic mass is 32.1. The Bertz CT molecular complexity index is 274. The summed E-state index contributed by atoms with van der Waals surface area (Å²) in [6, 6.07) is 4.19. The van der Waals surface area contributed by atoms with Gasteiger partial charge in [-0.05, 0) is 19.1 Å². The van der Waals surface area contributed by atoms with Crippen molar-refractivity contribution in [2.45, 2.75) is 20.1 Å². The molecule has 0 aromatic carbocycles. The van der Waals surface area contributed by atoms with Gasteiger partial charge in [0.05, 0.1) is 18.1 Å². The lowest BCUT2D eigenvalue weighted by atomic mass is 10.2. The second-order valence-electron chi connectivity index (χ2n) is 3.55. The summed E-state index contributed by atoms with van der Waals surface area (Å²) in [5, 5.41) is 0. The van der Waals surface area contributed by atoms with Crippen LogP contribution in [0.3, 0.4) is 0 Å². The summed E-state index contributed by atoms with van der Waals surface area (Å²) >= 11 is 1.75. The second kappa shape index (κ2) is 3.78. The minimum absolute atomic E-state index is 0.116. The molecule has 0 unspecified atom stereocenters. The van der Waals surface area contributed by atoms with Gasteiger partial charge in [0, 0.05) is 10.8 Å². The van der Waals surface area contributed by atoms with Gasteiger partial charge in [0.2, 0.25) is 0 Å². The number of hydrogen-bond acceptors (Lipinski definition) is 3. The van der Waals surface area contributed by atoms with E-state index in [1.807, 2.05) is 0 Å². The largest absolute Gasteiger partial charge is 0.347 e. The Morgan fingerprint density at radius 1 is 1.31 bits per heavy atom. The fourth-order valence-corrected chi connectivity index (χ4v) is 2.22. The van der Waals surface area contributed by atoms with Crippen LogP contribution in [0, 0.1) is 12.8 Å². The minimum Gasteiger partial charge on any atom is -0.347 e. The molecule has 0 N–H and O–H groups in total. The van der Waals surface area contributed by atoms with Crippen molar-refractivity contribution in [3.05, 3.63) is 21.9 Å². The van der Waals surface area contributed by atoms with E-state index in [2.05, 4.69) is 26.0 Å².